The highest BCUT2D eigenvalue weighted by Crippen LogP contribution is 2.31. The minimum atomic E-state index is -0.716. The zero-order valence-electron chi connectivity index (χ0n) is 11.7. The molecule has 5 heteroatoms. The normalized spacial score (nSPS) is 13.5. The molecule has 106 valence electrons. The molecule has 0 aliphatic rings. The predicted octanol–water partition coefficient (Wildman–Crippen LogP) is 2.08. The van der Waals surface area contributed by atoms with Crippen LogP contribution in [-0.4, -0.2) is 30.9 Å². The summed E-state index contributed by atoms with van der Waals surface area (Å²) in [6.07, 6.45) is -1.31. The first-order chi connectivity index (χ1) is 8.99. The van der Waals surface area contributed by atoms with Gasteiger partial charge in [0.1, 0.15) is 0 Å². The second-order valence-electron chi connectivity index (χ2n) is 4.10. The average Bonchev–Trinajstić information content (AvgIpc) is 2.39. The summed E-state index contributed by atoms with van der Waals surface area (Å²) < 4.78 is 15.6. The van der Waals surface area contributed by atoms with Crippen LogP contribution in [0.5, 0.6) is 11.5 Å². The minimum Gasteiger partial charge on any atom is -0.493 e. The topological polar surface area (TPSA) is 65.0 Å². The van der Waals surface area contributed by atoms with E-state index in [9.17, 15) is 9.90 Å². The zero-order valence-corrected chi connectivity index (χ0v) is 11.7. The maximum atomic E-state index is 11.5. The summed E-state index contributed by atoms with van der Waals surface area (Å²) in [6.45, 7) is 5.32. The van der Waals surface area contributed by atoms with Crippen LogP contribution >= 0.6 is 0 Å². The number of hydrogen-bond acceptors (Lipinski definition) is 5. The van der Waals surface area contributed by atoms with Crippen molar-refractivity contribution in [3.05, 3.63) is 23.8 Å². The molecule has 2 atom stereocenters. The van der Waals surface area contributed by atoms with Crippen molar-refractivity contribution in [3.8, 4) is 11.5 Å². The van der Waals surface area contributed by atoms with Gasteiger partial charge in [-0.1, -0.05) is 6.07 Å². The van der Waals surface area contributed by atoms with Crippen molar-refractivity contribution in [1.29, 1.82) is 0 Å². The number of ether oxygens (including phenoxy) is 3. The summed E-state index contributed by atoms with van der Waals surface area (Å²) in [7, 11) is 1.50. The molecule has 0 radical (unpaired) electrons. The number of methoxy groups -OCH3 is 1. The Hall–Kier alpha value is -1.75. The SMILES string of the molecule is CCOC(=O)C(C)Oc1ccc([C@H](C)O)cc1OC. The number of carbonyl (C=O) groups is 1. The molecular formula is C14H20O5. The minimum absolute atomic E-state index is 0.310. The second kappa shape index (κ2) is 6.99. The summed E-state index contributed by atoms with van der Waals surface area (Å²) in [5.41, 5.74) is 0.716. The van der Waals surface area contributed by atoms with E-state index in [2.05, 4.69) is 0 Å². The largest absolute Gasteiger partial charge is 0.493 e. The van der Waals surface area contributed by atoms with Gasteiger partial charge in [0, 0.05) is 0 Å². The van der Waals surface area contributed by atoms with Gasteiger partial charge in [-0.3, -0.25) is 0 Å². The Labute approximate surface area is 113 Å². The molecule has 0 fully saturated rings. The average molecular weight is 268 g/mol. The third kappa shape index (κ3) is 4.13. The lowest BCUT2D eigenvalue weighted by Crippen LogP contribution is -2.26. The Balaban J connectivity index is 2.86. The van der Waals surface area contributed by atoms with Crippen molar-refractivity contribution in [1.82, 2.24) is 0 Å². The van der Waals surface area contributed by atoms with Crippen molar-refractivity contribution in [2.75, 3.05) is 13.7 Å². The van der Waals surface area contributed by atoms with Crippen molar-refractivity contribution in [3.63, 3.8) is 0 Å². The lowest BCUT2D eigenvalue weighted by molar-refractivity contribution is -0.150. The van der Waals surface area contributed by atoms with E-state index < -0.39 is 18.2 Å². The molecule has 0 aromatic heterocycles. The highest BCUT2D eigenvalue weighted by Gasteiger charge is 2.18. The molecule has 0 heterocycles. The van der Waals surface area contributed by atoms with Crippen molar-refractivity contribution in [2.45, 2.75) is 33.0 Å². The number of rotatable bonds is 6. The fraction of sp³-hybridized carbons (Fsp3) is 0.500. The van der Waals surface area contributed by atoms with Crippen LogP contribution in [0, 0.1) is 0 Å². The summed E-state index contributed by atoms with van der Waals surface area (Å²) in [6, 6.07) is 5.06. The maximum absolute atomic E-state index is 11.5. The lowest BCUT2D eigenvalue weighted by Gasteiger charge is -2.17. The first-order valence-corrected chi connectivity index (χ1v) is 6.18. The molecular weight excluding hydrogens is 248 g/mol. The quantitative estimate of drug-likeness (QED) is 0.800. The van der Waals surface area contributed by atoms with Crippen LogP contribution < -0.4 is 9.47 Å². The number of esters is 1. The number of hydrogen-bond donors (Lipinski definition) is 1. The Morgan fingerprint density at radius 3 is 2.53 bits per heavy atom. The monoisotopic (exact) mass is 268 g/mol. The van der Waals surface area contributed by atoms with Crippen molar-refractivity contribution < 1.29 is 24.1 Å². The third-order valence-electron chi connectivity index (χ3n) is 2.59. The van der Waals surface area contributed by atoms with Gasteiger partial charge in [-0.05, 0) is 38.5 Å². The van der Waals surface area contributed by atoms with E-state index >= 15 is 0 Å². The van der Waals surface area contributed by atoms with E-state index in [4.69, 9.17) is 14.2 Å². The summed E-state index contributed by atoms with van der Waals surface area (Å²) >= 11 is 0. The summed E-state index contributed by atoms with van der Waals surface area (Å²) in [4.78, 5) is 11.5. The molecule has 1 unspecified atom stereocenters. The van der Waals surface area contributed by atoms with Crippen LogP contribution in [0.15, 0.2) is 18.2 Å². The van der Waals surface area contributed by atoms with E-state index in [0.717, 1.165) is 0 Å². The van der Waals surface area contributed by atoms with E-state index in [-0.39, 0.29) is 0 Å². The molecule has 0 bridgehead atoms. The number of aliphatic hydroxyl groups excluding tert-OH is 1. The van der Waals surface area contributed by atoms with Crippen molar-refractivity contribution in [2.24, 2.45) is 0 Å². The Bertz CT molecular complexity index is 428. The molecule has 1 N–H and O–H groups in total. The standard InChI is InChI=1S/C14H20O5/c1-5-18-14(16)10(3)19-12-7-6-11(9(2)15)8-13(12)17-4/h6-10,15H,5H2,1-4H3/t9-,10?/m0/s1. The number of aliphatic hydroxyl groups is 1. The second-order valence-corrected chi connectivity index (χ2v) is 4.10. The summed E-state index contributed by atoms with van der Waals surface area (Å²) in [5, 5.41) is 9.50. The molecule has 19 heavy (non-hydrogen) atoms. The van der Waals surface area contributed by atoms with Gasteiger partial charge in [0.15, 0.2) is 17.6 Å². The molecule has 1 rings (SSSR count). The van der Waals surface area contributed by atoms with Gasteiger partial charge in [0.25, 0.3) is 0 Å². The summed E-state index contributed by atoms with van der Waals surface area (Å²) in [5.74, 6) is 0.478. The smallest absolute Gasteiger partial charge is 0.347 e. The highest BCUT2D eigenvalue weighted by molar-refractivity contribution is 5.74. The molecule has 0 amide bonds. The fourth-order valence-electron chi connectivity index (χ4n) is 1.54. The first kappa shape index (κ1) is 15.3. The van der Waals surface area contributed by atoms with Gasteiger partial charge in [-0.25, -0.2) is 4.79 Å². The van der Waals surface area contributed by atoms with Crippen LogP contribution in [0.4, 0.5) is 0 Å². The van der Waals surface area contributed by atoms with Gasteiger partial charge >= 0.3 is 5.97 Å². The molecule has 0 spiro atoms. The predicted molar refractivity (Wildman–Crippen MR) is 70.4 cm³/mol. The zero-order chi connectivity index (χ0) is 14.4. The number of carbonyl (C=O) groups excluding carboxylic acids is 1. The van der Waals surface area contributed by atoms with Crippen LogP contribution in [0.25, 0.3) is 0 Å². The maximum Gasteiger partial charge on any atom is 0.347 e. The highest BCUT2D eigenvalue weighted by atomic mass is 16.6. The molecule has 5 nitrogen and oxygen atoms in total. The van der Waals surface area contributed by atoms with Gasteiger partial charge < -0.3 is 19.3 Å². The molecule has 1 aromatic carbocycles. The van der Waals surface area contributed by atoms with E-state index in [1.54, 1.807) is 39.0 Å². The van der Waals surface area contributed by atoms with Crippen LogP contribution in [0.2, 0.25) is 0 Å². The molecule has 0 saturated carbocycles. The van der Waals surface area contributed by atoms with Crippen molar-refractivity contribution >= 4 is 5.97 Å². The van der Waals surface area contributed by atoms with Gasteiger partial charge in [-0.15, -0.1) is 0 Å². The third-order valence-corrected chi connectivity index (χ3v) is 2.59. The van der Waals surface area contributed by atoms with E-state index in [1.807, 2.05) is 0 Å². The Kier molecular flexibility index (Phi) is 5.63. The Morgan fingerprint density at radius 1 is 1.32 bits per heavy atom. The molecule has 0 aliphatic carbocycles. The lowest BCUT2D eigenvalue weighted by atomic mass is 10.1. The van der Waals surface area contributed by atoms with Crippen LogP contribution in [-0.2, 0) is 9.53 Å². The molecule has 0 aliphatic heterocycles. The fourth-order valence-corrected chi connectivity index (χ4v) is 1.54. The Morgan fingerprint density at radius 2 is 2.00 bits per heavy atom. The van der Waals surface area contributed by atoms with Gasteiger partial charge in [0.05, 0.1) is 19.8 Å². The molecule has 0 saturated heterocycles. The van der Waals surface area contributed by atoms with E-state index in [0.29, 0.717) is 23.7 Å². The molecule has 1 aromatic rings. The number of benzene rings is 1. The van der Waals surface area contributed by atoms with Gasteiger partial charge in [-0.2, -0.15) is 0 Å². The van der Waals surface area contributed by atoms with Gasteiger partial charge in [0.2, 0.25) is 0 Å². The van der Waals surface area contributed by atoms with E-state index in [1.165, 1.54) is 7.11 Å². The first-order valence-electron chi connectivity index (χ1n) is 6.18. The van der Waals surface area contributed by atoms with Crippen LogP contribution in [0.1, 0.15) is 32.4 Å². The van der Waals surface area contributed by atoms with Crippen LogP contribution in [0.3, 0.4) is 0 Å².